The second-order valence-electron chi connectivity index (χ2n) is 7.35. The van der Waals surface area contributed by atoms with Crippen LogP contribution < -0.4 is 10.6 Å². The van der Waals surface area contributed by atoms with E-state index in [0.29, 0.717) is 12.0 Å². The van der Waals surface area contributed by atoms with E-state index in [-0.39, 0.29) is 24.0 Å². The smallest absolute Gasteiger partial charge is 0.191 e. The third kappa shape index (κ3) is 6.13. The number of nitrogens with zero attached hydrogens (tertiary/aromatic N) is 4. The summed E-state index contributed by atoms with van der Waals surface area (Å²) in [5, 5.41) is 11.4. The average molecular weight is 460 g/mol. The molecule has 1 saturated heterocycles. The lowest BCUT2D eigenvalue weighted by atomic mass is 10.2. The second kappa shape index (κ2) is 10.4. The fourth-order valence-corrected chi connectivity index (χ4v) is 3.96. The molecule has 2 fully saturated rings. The summed E-state index contributed by atoms with van der Waals surface area (Å²) in [6.07, 6.45) is 10.7. The maximum absolute atomic E-state index is 4.40. The van der Waals surface area contributed by atoms with Crippen LogP contribution in [0.2, 0.25) is 0 Å². The predicted molar refractivity (Wildman–Crippen MR) is 114 cm³/mol. The molecule has 0 bridgehead atoms. The summed E-state index contributed by atoms with van der Waals surface area (Å²) in [5.74, 6) is 1.43. The number of halogens is 1. The molecule has 1 aromatic rings. The summed E-state index contributed by atoms with van der Waals surface area (Å²) in [5.41, 5.74) is 0. The van der Waals surface area contributed by atoms with E-state index in [9.17, 15) is 0 Å². The van der Waals surface area contributed by atoms with Crippen molar-refractivity contribution in [3.63, 3.8) is 0 Å². The van der Waals surface area contributed by atoms with E-state index < -0.39 is 0 Å². The lowest BCUT2D eigenvalue weighted by Crippen LogP contribution is -2.46. The largest absolute Gasteiger partial charge is 0.356 e. The third-order valence-corrected chi connectivity index (χ3v) is 5.30. The summed E-state index contributed by atoms with van der Waals surface area (Å²) in [4.78, 5) is 7.08. The van der Waals surface area contributed by atoms with Crippen molar-refractivity contribution in [1.82, 2.24) is 25.3 Å². The minimum atomic E-state index is 0. The van der Waals surface area contributed by atoms with Crippen LogP contribution in [0.3, 0.4) is 0 Å². The zero-order chi connectivity index (χ0) is 16.8. The van der Waals surface area contributed by atoms with Gasteiger partial charge in [0.1, 0.15) is 0 Å². The minimum Gasteiger partial charge on any atom is -0.356 e. The Kier molecular flexibility index (Phi) is 8.48. The van der Waals surface area contributed by atoms with Crippen molar-refractivity contribution in [2.45, 2.75) is 57.7 Å². The number of nitrogens with one attached hydrogen (secondary N) is 2. The number of hydrogen-bond acceptors (Lipinski definition) is 3. The van der Waals surface area contributed by atoms with E-state index >= 15 is 0 Å². The van der Waals surface area contributed by atoms with Gasteiger partial charge in [0.2, 0.25) is 0 Å². The van der Waals surface area contributed by atoms with Gasteiger partial charge in [-0.1, -0.05) is 19.8 Å². The lowest BCUT2D eigenvalue weighted by Gasteiger charge is -2.24. The van der Waals surface area contributed by atoms with Crippen molar-refractivity contribution in [3.8, 4) is 0 Å². The molecule has 1 aliphatic carbocycles. The first-order chi connectivity index (χ1) is 11.7. The van der Waals surface area contributed by atoms with E-state index in [1.807, 2.05) is 30.2 Å². The van der Waals surface area contributed by atoms with Crippen molar-refractivity contribution in [1.29, 1.82) is 0 Å². The topological polar surface area (TPSA) is 57.5 Å². The van der Waals surface area contributed by atoms with Crippen molar-refractivity contribution in [2.24, 2.45) is 10.9 Å². The van der Waals surface area contributed by atoms with Crippen LogP contribution >= 0.6 is 24.0 Å². The molecule has 2 aliphatic rings. The predicted octanol–water partition coefficient (Wildman–Crippen LogP) is 2.32. The zero-order valence-electron chi connectivity index (χ0n) is 15.5. The SMILES string of the molecule is CN=C(NCC(C)Cn1cccn1)NC1CCN(C2CCCC2)C1.I. The Morgan fingerprint density at radius 3 is 2.80 bits per heavy atom. The molecule has 1 saturated carbocycles. The van der Waals surface area contributed by atoms with Crippen molar-refractivity contribution in [2.75, 3.05) is 26.7 Å². The highest BCUT2D eigenvalue weighted by Crippen LogP contribution is 2.26. The summed E-state index contributed by atoms with van der Waals surface area (Å²) in [6, 6.07) is 3.33. The van der Waals surface area contributed by atoms with E-state index in [2.05, 4.69) is 32.5 Å². The van der Waals surface area contributed by atoms with Gasteiger partial charge in [-0.15, -0.1) is 24.0 Å². The molecule has 6 nitrogen and oxygen atoms in total. The molecule has 25 heavy (non-hydrogen) atoms. The summed E-state index contributed by atoms with van der Waals surface area (Å²) in [6.45, 7) is 6.46. The second-order valence-corrected chi connectivity index (χ2v) is 7.35. The van der Waals surface area contributed by atoms with Gasteiger partial charge >= 0.3 is 0 Å². The Labute approximate surface area is 168 Å². The van der Waals surface area contributed by atoms with E-state index in [0.717, 1.165) is 31.6 Å². The van der Waals surface area contributed by atoms with Gasteiger partial charge in [-0.05, 0) is 31.2 Å². The highest BCUT2D eigenvalue weighted by atomic mass is 127. The number of rotatable bonds is 6. The molecule has 7 heteroatoms. The highest BCUT2D eigenvalue weighted by molar-refractivity contribution is 14.0. The fourth-order valence-electron chi connectivity index (χ4n) is 3.96. The standard InChI is InChI=1S/C18H32N6.HI/c1-15(13-24-10-5-9-21-24)12-20-18(19-2)22-16-8-11-23(14-16)17-6-3-4-7-17;/h5,9-10,15-17H,3-4,6-8,11-14H2,1-2H3,(H2,19,20,22);1H. The van der Waals surface area contributed by atoms with Crippen molar-refractivity contribution >= 4 is 29.9 Å². The van der Waals surface area contributed by atoms with Crippen LogP contribution in [0.4, 0.5) is 0 Å². The molecule has 2 N–H and O–H groups in total. The number of aliphatic imine (C=N–C) groups is 1. The lowest BCUT2D eigenvalue weighted by molar-refractivity contribution is 0.242. The molecule has 0 spiro atoms. The fraction of sp³-hybridized carbons (Fsp3) is 0.778. The molecule has 2 unspecified atom stereocenters. The summed E-state index contributed by atoms with van der Waals surface area (Å²) < 4.78 is 1.99. The molecule has 1 aliphatic heterocycles. The molecule has 142 valence electrons. The number of likely N-dealkylation sites (tertiary alicyclic amines) is 1. The molecule has 0 radical (unpaired) electrons. The molecule has 2 heterocycles. The van der Waals surface area contributed by atoms with Gasteiger partial charge in [0, 0.05) is 57.7 Å². The quantitative estimate of drug-likeness (QED) is 0.389. The van der Waals surface area contributed by atoms with Gasteiger partial charge in [0.15, 0.2) is 5.96 Å². The van der Waals surface area contributed by atoms with Gasteiger partial charge in [0.05, 0.1) is 0 Å². The Hall–Kier alpha value is -0.830. The van der Waals surface area contributed by atoms with Crippen LogP contribution in [-0.2, 0) is 6.54 Å². The molecular weight excluding hydrogens is 427 g/mol. The minimum absolute atomic E-state index is 0. The van der Waals surface area contributed by atoms with E-state index in [1.165, 1.54) is 38.6 Å². The Bertz CT molecular complexity index is 512. The van der Waals surface area contributed by atoms with E-state index in [4.69, 9.17) is 0 Å². The van der Waals surface area contributed by atoms with Crippen molar-refractivity contribution < 1.29 is 0 Å². The summed E-state index contributed by atoms with van der Waals surface area (Å²) in [7, 11) is 1.86. The average Bonchev–Trinajstić information content (AvgIpc) is 3.32. The molecule has 1 aromatic heterocycles. The van der Waals surface area contributed by atoms with Gasteiger partial charge < -0.3 is 10.6 Å². The Balaban J connectivity index is 0.00000225. The zero-order valence-corrected chi connectivity index (χ0v) is 17.9. The first kappa shape index (κ1) is 20.5. The third-order valence-electron chi connectivity index (χ3n) is 5.30. The van der Waals surface area contributed by atoms with Gasteiger partial charge in [-0.3, -0.25) is 14.6 Å². The number of guanidine groups is 1. The van der Waals surface area contributed by atoms with Crippen LogP contribution in [0.25, 0.3) is 0 Å². The number of aromatic nitrogens is 2. The summed E-state index contributed by atoms with van der Waals surface area (Å²) >= 11 is 0. The maximum atomic E-state index is 4.40. The molecule has 2 atom stereocenters. The van der Waals surface area contributed by atoms with E-state index in [1.54, 1.807) is 0 Å². The van der Waals surface area contributed by atoms with Gasteiger partial charge in [0.25, 0.3) is 0 Å². The molecule has 3 rings (SSSR count). The number of hydrogen-bond donors (Lipinski definition) is 2. The highest BCUT2D eigenvalue weighted by Gasteiger charge is 2.30. The van der Waals surface area contributed by atoms with Crippen LogP contribution in [-0.4, -0.2) is 59.4 Å². The van der Waals surface area contributed by atoms with Gasteiger partial charge in [-0.25, -0.2) is 0 Å². The normalized spacial score (nSPS) is 23.4. The van der Waals surface area contributed by atoms with Gasteiger partial charge in [-0.2, -0.15) is 5.10 Å². The Morgan fingerprint density at radius 1 is 1.32 bits per heavy atom. The Morgan fingerprint density at radius 2 is 2.12 bits per heavy atom. The van der Waals surface area contributed by atoms with Crippen LogP contribution in [0.5, 0.6) is 0 Å². The first-order valence-electron chi connectivity index (χ1n) is 9.43. The maximum Gasteiger partial charge on any atom is 0.191 e. The van der Waals surface area contributed by atoms with Crippen molar-refractivity contribution in [3.05, 3.63) is 18.5 Å². The molecular formula is C18H33IN6. The monoisotopic (exact) mass is 460 g/mol. The van der Waals surface area contributed by atoms with Crippen LogP contribution in [0.15, 0.2) is 23.5 Å². The molecule has 0 amide bonds. The van der Waals surface area contributed by atoms with Crippen LogP contribution in [0.1, 0.15) is 39.0 Å². The van der Waals surface area contributed by atoms with Crippen LogP contribution in [0, 0.1) is 5.92 Å². The first-order valence-corrected chi connectivity index (χ1v) is 9.43. The molecule has 0 aromatic carbocycles.